The first-order chi connectivity index (χ1) is 8.81. The second-order valence-corrected chi connectivity index (χ2v) is 5.77. The molecular formula is C14H15IN2O. The molecule has 2 aromatic rings. The van der Waals surface area contributed by atoms with Crippen LogP contribution < -0.4 is 0 Å². The molecule has 1 fully saturated rings. The van der Waals surface area contributed by atoms with Crippen molar-refractivity contribution in [3.8, 4) is 0 Å². The fourth-order valence-electron chi connectivity index (χ4n) is 2.20. The van der Waals surface area contributed by atoms with Gasteiger partial charge in [-0.15, -0.1) is 0 Å². The maximum absolute atomic E-state index is 5.88. The summed E-state index contributed by atoms with van der Waals surface area (Å²) in [5.74, 6) is 0. The summed E-state index contributed by atoms with van der Waals surface area (Å²) in [5, 5.41) is 4.43. The van der Waals surface area contributed by atoms with Gasteiger partial charge in [0, 0.05) is 6.20 Å². The Bertz CT molecular complexity index is 506. The first-order valence-electron chi connectivity index (χ1n) is 6.17. The molecule has 1 saturated carbocycles. The lowest BCUT2D eigenvalue weighted by Gasteiger charge is -2.35. The van der Waals surface area contributed by atoms with Crippen LogP contribution in [0.4, 0.5) is 0 Å². The number of ether oxygens (including phenoxy) is 1. The van der Waals surface area contributed by atoms with E-state index in [-0.39, 0.29) is 0 Å². The van der Waals surface area contributed by atoms with Crippen LogP contribution in [0.3, 0.4) is 0 Å². The third-order valence-corrected chi connectivity index (χ3v) is 3.92. The van der Waals surface area contributed by atoms with Crippen LogP contribution in [0.2, 0.25) is 0 Å². The van der Waals surface area contributed by atoms with Gasteiger partial charge in [-0.05, 0) is 47.1 Å². The third-order valence-electron chi connectivity index (χ3n) is 3.35. The average molecular weight is 354 g/mol. The molecule has 94 valence electrons. The minimum atomic E-state index is 0.386. The van der Waals surface area contributed by atoms with Gasteiger partial charge in [0.15, 0.2) is 0 Å². The summed E-state index contributed by atoms with van der Waals surface area (Å²) in [4.78, 5) is 0. The summed E-state index contributed by atoms with van der Waals surface area (Å²) in [6, 6.07) is 12.9. The van der Waals surface area contributed by atoms with Crippen molar-refractivity contribution in [3.63, 3.8) is 0 Å². The number of nitrogens with zero attached hydrogens (tertiary/aromatic N) is 2. The number of rotatable bonds is 4. The highest BCUT2D eigenvalue weighted by Crippen LogP contribution is 2.34. The van der Waals surface area contributed by atoms with Crippen molar-refractivity contribution < 1.29 is 4.74 Å². The highest BCUT2D eigenvalue weighted by Gasteiger charge is 2.31. The van der Waals surface area contributed by atoms with Crippen molar-refractivity contribution in [2.45, 2.75) is 31.6 Å². The standard InChI is InChI=1S/C14H15IN2O/c15-14-6-7-17(16-14)12-8-13(9-12)18-10-11-4-2-1-3-5-11/h1-7,12-13H,8-10H2. The predicted octanol–water partition coefficient (Wildman–Crippen LogP) is 3.41. The first-order valence-corrected chi connectivity index (χ1v) is 7.25. The lowest BCUT2D eigenvalue weighted by molar-refractivity contribution is -0.0384. The summed E-state index contributed by atoms with van der Waals surface area (Å²) in [7, 11) is 0. The van der Waals surface area contributed by atoms with Crippen molar-refractivity contribution in [1.82, 2.24) is 9.78 Å². The molecule has 0 bridgehead atoms. The van der Waals surface area contributed by atoms with E-state index in [0.717, 1.165) is 23.1 Å². The number of benzene rings is 1. The molecule has 0 unspecified atom stereocenters. The highest BCUT2D eigenvalue weighted by molar-refractivity contribution is 14.1. The average Bonchev–Trinajstić information content (AvgIpc) is 2.75. The Hall–Kier alpha value is -0.880. The Balaban J connectivity index is 1.46. The Morgan fingerprint density at radius 1 is 1.22 bits per heavy atom. The zero-order valence-electron chi connectivity index (χ0n) is 10.00. The summed E-state index contributed by atoms with van der Waals surface area (Å²) < 4.78 is 9.00. The van der Waals surface area contributed by atoms with Crippen LogP contribution in [-0.2, 0) is 11.3 Å². The molecule has 0 N–H and O–H groups in total. The third kappa shape index (κ3) is 2.75. The Labute approximate surface area is 120 Å². The molecule has 0 radical (unpaired) electrons. The van der Waals surface area contributed by atoms with Crippen molar-refractivity contribution in [3.05, 3.63) is 51.9 Å². The molecule has 3 nitrogen and oxygen atoms in total. The molecule has 1 heterocycles. The van der Waals surface area contributed by atoms with E-state index in [2.05, 4.69) is 50.7 Å². The van der Waals surface area contributed by atoms with Crippen molar-refractivity contribution in [1.29, 1.82) is 0 Å². The van der Waals surface area contributed by atoms with Crippen LogP contribution in [0.5, 0.6) is 0 Å². The lowest BCUT2D eigenvalue weighted by Crippen LogP contribution is -2.33. The van der Waals surface area contributed by atoms with Crippen LogP contribution in [0.1, 0.15) is 24.4 Å². The molecule has 3 rings (SSSR count). The highest BCUT2D eigenvalue weighted by atomic mass is 127. The van der Waals surface area contributed by atoms with Gasteiger partial charge < -0.3 is 4.74 Å². The van der Waals surface area contributed by atoms with E-state index >= 15 is 0 Å². The van der Waals surface area contributed by atoms with Gasteiger partial charge >= 0.3 is 0 Å². The van der Waals surface area contributed by atoms with Gasteiger partial charge in [0.2, 0.25) is 0 Å². The Morgan fingerprint density at radius 2 is 2.00 bits per heavy atom. The Kier molecular flexibility index (Phi) is 3.65. The zero-order chi connectivity index (χ0) is 12.4. The molecule has 1 aliphatic carbocycles. The lowest BCUT2D eigenvalue weighted by atomic mass is 9.89. The van der Waals surface area contributed by atoms with Crippen LogP contribution in [0.15, 0.2) is 42.6 Å². The van der Waals surface area contributed by atoms with Crippen LogP contribution >= 0.6 is 22.6 Å². The summed E-state index contributed by atoms with van der Waals surface area (Å²) in [6.07, 6.45) is 4.59. The maximum atomic E-state index is 5.88. The van der Waals surface area contributed by atoms with E-state index in [4.69, 9.17) is 4.74 Å². The zero-order valence-corrected chi connectivity index (χ0v) is 12.2. The number of halogens is 1. The summed E-state index contributed by atoms with van der Waals surface area (Å²) >= 11 is 2.24. The quantitative estimate of drug-likeness (QED) is 0.787. The monoisotopic (exact) mass is 354 g/mol. The largest absolute Gasteiger partial charge is 0.373 e. The van der Waals surface area contributed by atoms with Gasteiger partial charge in [0.05, 0.1) is 18.8 Å². The van der Waals surface area contributed by atoms with E-state index in [1.807, 2.05) is 24.3 Å². The molecular weight excluding hydrogens is 339 g/mol. The van der Waals surface area contributed by atoms with E-state index in [0.29, 0.717) is 12.1 Å². The molecule has 1 aromatic heterocycles. The number of hydrogen-bond acceptors (Lipinski definition) is 2. The second kappa shape index (κ2) is 5.40. The molecule has 4 heteroatoms. The van der Waals surface area contributed by atoms with Crippen molar-refractivity contribution in [2.24, 2.45) is 0 Å². The first kappa shape index (κ1) is 12.2. The molecule has 0 atom stereocenters. The molecule has 0 spiro atoms. The van der Waals surface area contributed by atoms with Gasteiger partial charge in [-0.3, -0.25) is 4.68 Å². The van der Waals surface area contributed by atoms with Gasteiger partial charge in [-0.1, -0.05) is 30.3 Å². The minimum absolute atomic E-state index is 0.386. The number of aromatic nitrogens is 2. The molecule has 0 amide bonds. The van der Waals surface area contributed by atoms with Gasteiger partial charge in [-0.2, -0.15) is 5.10 Å². The van der Waals surface area contributed by atoms with Crippen molar-refractivity contribution in [2.75, 3.05) is 0 Å². The van der Waals surface area contributed by atoms with E-state index < -0.39 is 0 Å². The smallest absolute Gasteiger partial charge is 0.123 e. The summed E-state index contributed by atoms with van der Waals surface area (Å²) in [6.45, 7) is 0.717. The second-order valence-electron chi connectivity index (χ2n) is 4.66. The van der Waals surface area contributed by atoms with E-state index in [9.17, 15) is 0 Å². The van der Waals surface area contributed by atoms with E-state index in [1.54, 1.807) is 0 Å². The Morgan fingerprint density at radius 3 is 2.67 bits per heavy atom. The maximum Gasteiger partial charge on any atom is 0.123 e. The molecule has 0 aliphatic heterocycles. The van der Waals surface area contributed by atoms with Gasteiger partial charge in [0.25, 0.3) is 0 Å². The van der Waals surface area contributed by atoms with Crippen LogP contribution in [-0.4, -0.2) is 15.9 Å². The van der Waals surface area contributed by atoms with Crippen molar-refractivity contribution >= 4 is 22.6 Å². The fourth-order valence-corrected chi connectivity index (χ4v) is 2.61. The normalized spacial score (nSPS) is 22.7. The molecule has 1 aromatic carbocycles. The number of hydrogen-bond donors (Lipinski definition) is 0. The van der Waals surface area contributed by atoms with Gasteiger partial charge in [-0.25, -0.2) is 0 Å². The molecule has 1 aliphatic rings. The van der Waals surface area contributed by atoms with Gasteiger partial charge in [0.1, 0.15) is 3.70 Å². The topological polar surface area (TPSA) is 27.1 Å². The SMILES string of the molecule is Ic1ccn(C2CC(OCc3ccccc3)C2)n1. The van der Waals surface area contributed by atoms with Crippen LogP contribution in [0, 0.1) is 3.70 Å². The molecule has 18 heavy (non-hydrogen) atoms. The van der Waals surface area contributed by atoms with E-state index in [1.165, 1.54) is 5.56 Å². The van der Waals surface area contributed by atoms with Crippen LogP contribution in [0.25, 0.3) is 0 Å². The predicted molar refractivity (Wildman–Crippen MR) is 78.2 cm³/mol. The summed E-state index contributed by atoms with van der Waals surface area (Å²) in [5.41, 5.74) is 1.24. The minimum Gasteiger partial charge on any atom is -0.373 e. The fraction of sp³-hybridized carbons (Fsp3) is 0.357. The molecule has 0 saturated heterocycles.